The van der Waals surface area contributed by atoms with Crippen molar-refractivity contribution in [3.63, 3.8) is 0 Å². The van der Waals surface area contributed by atoms with Crippen LogP contribution >= 0.6 is 0 Å². The maximum atomic E-state index is 8.66. The number of anilines is 2. The molecule has 0 saturated carbocycles. The first-order valence-corrected chi connectivity index (χ1v) is 4.72. The zero-order chi connectivity index (χ0) is 11.5. The van der Waals surface area contributed by atoms with E-state index in [0.717, 1.165) is 5.56 Å². The van der Waals surface area contributed by atoms with Crippen molar-refractivity contribution in [1.82, 2.24) is 4.98 Å². The van der Waals surface area contributed by atoms with E-state index in [1.165, 1.54) is 6.20 Å². The van der Waals surface area contributed by atoms with E-state index in [1.807, 2.05) is 6.07 Å². The fourth-order valence-corrected chi connectivity index (χ4v) is 1.42. The summed E-state index contributed by atoms with van der Waals surface area (Å²) >= 11 is 0. The van der Waals surface area contributed by atoms with Crippen LogP contribution in [0.5, 0.6) is 0 Å². The lowest BCUT2D eigenvalue weighted by Gasteiger charge is -2.05. The van der Waals surface area contributed by atoms with Crippen LogP contribution in [-0.2, 0) is 0 Å². The van der Waals surface area contributed by atoms with Crippen LogP contribution < -0.4 is 11.5 Å². The second-order valence-corrected chi connectivity index (χ2v) is 3.39. The first-order valence-electron chi connectivity index (χ1n) is 4.72. The molecule has 0 bridgehead atoms. The predicted octanol–water partition coefficient (Wildman–Crippen LogP) is 1.78. The van der Waals surface area contributed by atoms with E-state index < -0.39 is 0 Å². The smallest absolute Gasteiger partial charge is 0.101 e. The summed E-state index contributed by atoms with van der Waals surface area (Å²) in [5.74, 6) is 0. The van der Waals surface area contributed by atoms with Crippen molar-refractivity contribution in [3.05, 3.63) is 42.1 Å². The minimum atomic E-state index is 0.520. The maximum absolute atomic E-state index is 8.66. The topological polar surface area (TPSA) is 88.7 Å². The van der Waals surface area contributed by atoms with E-state index >= 15 is 0 Å². The molecular formula is C12H10N4. The molecule has 1 aromatic heterocycles. The number of hydrogen-bond acceptors (Lipinski definition) is 4. The van der Waals surface area contributed by atoms with Gasteiger partial charge in [-0.3, -0.25) is 4.98 Å². The Labute approximate surface area is 93.1 Å². The predicted molar refractivity (Wildman–Crippen MR) is 63.2 cm³/mol. The number of aromatic nitrogens is 1. The number of nitrogens with two attached hydrogens (primary N) is 2. The maximum Gasteiger partial charge on any atom is 0.101 e. The van der Waals surface area contributed by atoms with Crippen molar-refractivity contribution in [2.45, 2.75) is 0 Å². The summed E-state index contributed by atoms with van der Waals surface area (Å²) < 4.78 is 0. The van der Waals surface area contributed by atoms with Crippen molar-refractivity contribution in [3.8, 4) is 17.3 Å². The molecule has 4 N–H and O–H groups in total. The van der Waals surface area contributed by atoms with Gasteiger partial charge in [-0.2, -0.15) is 5.26 Å². The largest absolute Gasteiger partial charge is 0.399 e. The summed E-state index contributed by atoms with van der Waals surface area (Å²) in [4.78, 5) is 4.16. The Morgan fingerprint density at radius 1 is 1.12 bits per heavy atom. The summed E-state index contributed by atoms with van der Waals surface area (Å²) in [6, 6.07) is 10.7. The van der Waals surface area contributed by atoms with Gasteiger partial charge in [0.15, 0.2) is 0 Å². The minimum absolute atomic E-state index is 0.520. The SMILES string of the molecule is N#Cc1ccc(-c2cc(N)ccc2N)nc1. The zero-order valence-corrected chi connectivity index (χ0v) is 8.51. The van der Waals surface area contributed by atoms with E-state index in [1.54, 1.807) is 30.3 Å². The van der Waals surface area contributed by atoms with Crippen molar-refractivity contribution in [1.29, 1.82) is 5.26 Å². The highest BCUT2D eigenvalue weighted by Crippen LogP contribution is 2.26. The first-order chi connectivity index (χ1) is 7.70. The van der Waals surface area contributed by atoms with E-state index in [2.05, 4.69) is 4.98 Å². The van der Waals surface area contributed by atoms with Crippen LogP contribution in [0.3, 0.4) is 0 Å². The lowest BCUT2D eigenvalue weighted by molar-refractivity contribution is 1.30. The number of rotatable bonds is 1. The lowest BCUT2D eigenvalue weighted by atomic mass is 10.1. The highest BCUT2D eigenvalue weighted by atomic mass is 14.7. The molecule has 4 heteroatoms. The van der Waals surface area contributed by atoms with E-state index in [0.29, 0.717) is 22.6 Å². The Morgan fingerprint density at radius 3 is 2.56 bits per heavy atom. The highest BCUT2D eigenvalue weighted by molar-refractivity contribution is 5.77. The number of hydrogen-bond donors (Lipinski definition) is 2. The monoisotopic (exact) mass is 210 g/mol. The van der Waals surface area contributed by atoms with Crippen LogP contribution in [0.2, 0.25) is 0 Å². The van der Waals surface area contributed by atoms with E-state index in [-0.39, 0.29) is 0 Å². The van der Waals surface area contributed by atoms with Crippen molar-refractivity contribution in [2.24, 2.45) is 0 Å². The Balaban J connectivity index is 2.50. The third-order valence-electron chi connectivity index (χ3n) is 2.25. The van der Waals surface area contributed by atoms with Gasteiger partial charge in [0.25, 0.3) is 0 Å². The molecule has 4 nitrogen and oxygen atoms in total. The molecule has 1 heterocycles. The van der Waals surface area contributed by atoms with Gasteiger partial charge in [0.05, 0.1) is 11.3 Å². The quantitative estimate of drug-likeness (QED) is 0.702. The minimum Gasteiger partial charge on any atom is -0.399 e. The summed E-state index contributed by atoms with van der Waals surface area (Å²) in [6.07, 6.45) is 1.51. The fraction of sp³-hybridized carbons (Fsp3) is 0. The number of pyridine rings is 1. The van der Waals surface area contributed by atoms with Gasteiger partial charge in [-0.15, -0.1) is 0 Å². The van der Waals surface area contributed by atoms with Crippen molar-refractivity contribution < 1.29 is 0 Å². The van der Waals surface area contributed by atoms with Gasteiger partial charge in [-0.1, -0.05) is 0 Å². The molecule has 78 valence electrons. The van der Waals surface area contributed by atoms with Crippen LogP contribution in [0.15, 0.2) is 36.5 Å². The Hall–Kier alpha value is -2.54. The van der Waals surface area contributed by atoms with Gasteiger partial charge in [0, 0.05) is 23.1 Å². The molecule has 0 fully saturated rings. The summed E-state index contributed by atoms with van der Waals surface area (Å²) in [6.45, 7) is 0. The third-order valence-corrected chi connectivity index (χ3v) is 2.25. The number of nitrogen functional groups attached to an aromatic ring is 2. The average molecular weight is 210 g/mol. The number of benzene rings is 1. The second kappa shape index (κ2) is 3.91. The van der Waals surface area contributed by atoms with E-state index in [9.17, 15) is 0 Å². The van der Waals surface area contributed by atoms with Crippen LogP contribution in [0, 0.1) is 11.3 Å². The molecule has 2 aromatic rings. The molecule has 0 unspecified atom stereocenters. The van der Waals surface area contributed by atoms with Crippen LogP contribution in [0.1, 0.15) is 5.56 Å². The first kappa shape index (κ1) is 9.99. The Kier molecular flexibility index (Phi) is 2.44. The molecule has 0 aliphatic heterocycles. The van der Waals surface area contributed by atoms with Gasteiger partial charge in [0.1, 0.15) is 6.07 Å². The molecule has 0 atom stereocenters. The molecule has 1 aromatic carbocycles. The fourth-order valence-electron chi connectivity index (χ4n) is 1.42. The Morgan fingerprint density at radius 2 is 1.94 bits per heavy atom. The number of nitrogens with zero attached hydrogens (tertiary/aromatic N) is 2. The van der Waals surface area contributed by atoms with Gasteiger partial charge >= 0.3 is 0 Å². The third kappa shape index (κ3) is 1.79. The molecule has 16 heavy (non-hydrogen) atoms. The normalized spacial score (nSPS) is 9.69. The average Bonchev–Trinajstić information content (AvgIpc) is 2.32. The molecular weight excluding hydrogens is 200 g/mol. The van der Waals surface area contributed by atoms with Gasteiger partial charge < -0.3 is 11.5 Å². The lowest BCUT2D eigenvalue weighted by Crippen LogP contribution is -1.94. The zero-order valence-electron chi connectivity index (χ0n) is 8.51. The van der Waals surface area contributed by atoms with Crippen molar-refractivity contribution in [2.75, 3.05) is 11.5 Å². The molecule has 0 saturated heterocycles. The Bertz CT molecular complexity index is 552. The van der Waals surface area contributed by atoms with Gasteiger partial charge in [-0.05, 0) is 30.3 Å². The molecule has 2 rings (SSSR count). The summed E-state index contributed by atoms with van der Waals surface area (Å²) in [5.41, 5.74) is 14.8. The molecule has 0 aliphatic rings. The summed E-state index contributed by atoms with van der Waals surface area (Å²) in [7, 11) is 0. The number of nitriles is 1. The van der Waals surface area contributed by atoms with Crippen LogP contribution in [0.25, 0.3) is 11.3 Å². The van der Waals surface area contributed by atoms with Crippen LogP contribution in [-0.4, -0.2) is 4.98 Å². The molecule has 0 aliphatic carbocycles. The summed E-state index contributed by atoms with van der Waals surface area (Å²) in [5, 5.41) is 8.66. The molecule has 0 radical (unpaired) electrons. The second-order valence-electron chi connectivity index (χ2n) is 3.39. The highest BCUT2D eigenvalue weighted by Gasteiger charge is 2.04. The molecule has 0 amide bonds. The standard InChI is InChI=1S/C12H10N4/c13-6-8-1-4-12(16-7-8)10-5-9(14)2-3-11(10)15/h1-5,7H,14-15H2. The van der Waals surface area contributed by atoms with E-state index in [4.69, 9.17) is 16.7 Å². The van der Waals surface area contributed by atoms with Gasteiger partial charge in [0.2, 0.25) is 0 Å². The van der Waals surface area contributed by atoms with Gasteiger partial charge in [-0.25, -0.2) is 0 Å². The molecule has 0 spiro atoms. The van der Waals surface area contributed by atoms with Crippen LogP contribution in [0.4, 0.5) is 11.4 Å². The van der Waals surface area contributed by atoms with Crippen molar-refractivity contribution >= 4 is 11.4 Å².